The van der Waals surface area contributed by atoms with Gasteiger partial charge in [0.15, 0.2) is 5.82 Å². The highest BCUT2D eigenvalue weighted by Gasteiger charge is 2.29. The van der Waals surface area contributed by atoms with Crippen molar-refractivity contribution < 1.29 is 9.18 Å². The third-order valence-corrected chi connectivity index (χ3v) is 7.19. The Morgan fingerprint density at radius 3 is 2.86 bits per heavy atom. The van der Waals surface area contributed by atoms with Gasteiger partial charge in [0, 0.05) is 29.4 Å². The first-order chi connectivity index (χ1) is 17.7. The van der Waals surface area contributed by atoms with Gasteiger partial charge in [0.05, 0.1) is 33.2 Å². The van der Waals surface area contributed by atoms with Gasteiger partial charge in [-0.3, -0.25) is 19.9 Å². The van der Waals surface area contributed by atoms with Crippen molar-refractivity contribution in [1.82, 2.24) is 30.1 Å². The molecule has 8 nitrogen and oxygen atoms in total. The highest BCUT2D eigenvalue weighted by Crippen LogP contribution is 2.36. The predicted octanol–water partition coefficient (Wildman–Crippen LogP) is 5.78. The maximum Gasteiger partial charge on any atom is 0.227 e. The second kappa shape index (κ2) is 8.06. The van der Waals surface area contributed by atoms with Crippen LogP contribution in [0.2, 0.25) is 0 Å². The average Bonchev–Trinajstić information content (AvgIpc) is 3.27. The fraction of sp³-hybridized carbons (Fsp3) is 0.115. The van der Waals surface area contributed by atoms with Gasteiger partial charge in [0.1, 0.15) is 22.7 Å². The summed E-state index contributed by atoms with van der Waals surface area (Å²) in [4.78, 5) is 29.9. The summed E-state index contributed by atoms with van der Waals surface area (Å²) in [6, 6.07) is 11.0. The smallest absolute Gasteiger partial charge is 0.227 e. The Bertz CT molecular complexity index is 1770. The zero-order chi connectivity index (χ0) is 24.2. The number of carbonyl (C=O) groups excluding carboxylic acids is 1. The Morgan fingerprint density at radius 2 is 2.03 bits per heavy atom. The van der Waals surface area contributed by atoms with E-state index in [2.05, 4.69) is 30.5 Å². The Kier molecular flexibility index (Phi) is 4.68. The zero-order valence-corrected chi connectivity index (χ0v) is 19.6. The van der Waals surface area contributed by atoms with Crippen molar-refractivity contribution >= 4 is 44.9 Å². The number of imidazole rings is 1. The number of anilines is 1. The van der Waals surface area contributed by atoms with E-state index in [9.17, 15) is 4.79 Å². The molecule has 1 aliphatic rings. The van der Waals surface area contributed by atoms with Crippen LogP contribution < -0.4 is 5.32 Å². The molecule has 1 aromatic carbocycles. The van der Waals surface area contributed by atoms with Crippen LogP contribution in [0.5, 0.6) is 0 Å². The predicted molar refractivity (Wildman–Crippen MR) is 137 cm³/mol. The normalized spacial score (nSPS) is 13.5. The van der Waals surface area contributed by atoms with Crippen LogP contribution in [0.15, 0.2) is 60.4 Å². The molecule has 1 amide bonds. The molecule has 1 fully saturated rings. The monoisotopic (exact) mass is 495 g/mol. The van der Waals surface area contributed by atoms with Crippen molar-refractivity contribution in [2.75, 3.05) is 5.32 Å². The van der Waals surface area contributed by atoms with Crippen molar-refractivity contribution in [2.24, 2.45) is 5.92 Å². The molecule has 0 bridgehead atoms. The molecule has 0 radical (unpaired) electrons. The maximum absolute atomic E-state index is 16.0. The lowest BCUT2D eigenvalue weighted by molar-refractivity contribution is -0.117. The summed E-state index contributed by atoms with van der Waals surface area (Å²) in [5.74, 6) is 0.0420. The Morgan fingerprint density at radius 1 is 1.11 bits per heavy atom. The number of amides is 1. The van der Waals surface area contributed by atoms with Crippen LogP contribution in [0.3, 0.4) is 0 Å². The molecule has 176 valence electrons. The SMILES string of the molecule is O=C(Nc1cncc(-c2ccc3[nH]nc(-c4nc5c(-c6cccs6)nccc5[nH]4)c3c2F)c1)C1CC1. The molecule has 5 aromatic heterocycles. The lowest BCUT2D eigenvalue weighted by atomic mass is 10.0. The molecule has 36 heavy (non-hydrogen) atoms. The van der Waals surface area contributed by atoms with Gasteiger partial charge in [0.25, 0.3) is 0 Å². The van der Waals surface area contributed by atoms with Gasteiger partial charge in [-0.1, -0.05) is 6.07 Å². The van der Waals surface area contributed by atoms with Gasteiger partial charge in [-0.15, -0.1) is 11.3 Å². The molecule has 5 heterocycles. The van der Waals surface area contributed by atoms with Crippen LogP contribution in [0.1, 0.15) is 12.8 Å². The first-order valence-corrected chi connectivity index (χ1v) is 12.4. The second-order valence-electron chi connectivity index (χ2n) is 8.77. The summed E-state index contributed by atoms with van der Waals surface area (Å²) in [6.45, 7) is 0. The molecule has 0 aliphatic heterocycles. The van der Waals surface area contributed by atoms with Crippen LogP contribution >= 0.6 is 11.3 Å². The van der Waals surface area contributed by atoms with Crippen molar-refractivity contribution in [1.29, 1.82) is 0 Å². The number of fused-ring (bicyclic) bond motifs is 2. The van der Waals surface area contributed by atoms with E-state index in [-0.39, 0.29) is 11.8 Å². The molecule has 0 saturated heterocycles. The van der Waals surface area contributed by atoms with E-state index in [4.69, 9.17) is 4.98 Å². The first kappa shape index (κ1) is 20.9. The van der Waals surface area contributed by atoms with E-state index in [0.29, 0.717) is 44.8 Å². The number of aromatic amines is 2. The maximum atomic E-state index is 16.0. The minimum Gasteiger partial charge on any atom is -0.336 e. The zero-order valence-electron chi connectivity index (χ0n) is 18.7. The summed E-state index contributed by atoms with van der Waals surface area (Å²) < 4.78 is 16.0. The van der Waals surface area contributed by atoms with Crippen LogP contribution in [-0.2, 0) is 4.79 Å². The number of benzene rings is 1. The molecule has 0 unspecified atom stereocenters. The van der Waals surface area contributed by atoms with Crippen molar-refractivity contribution in [3.8, 4) is 33.2 Å². The first-order valence-electron chi connectivity index (χ1n) is 11.5. The quantitative estimate of drug-likeness (QED) is 0.281. The molecular weight excluding hydrogens is 477 g/mol. The highest BCUT2D eigenvalue weighted by atomic mass is 32.1. The van der Waals surface area contributed by atoms with E-state index in [1.165, 1.54) is 0 Å². The Hall–Kier alpha value is -4.44. The van der Waals surface area contributed by atoms with Gasteiger partial charge < -0.3 is 10.3 Å². The number of hydrogen-bond donors (Lipinski definition) is 3. The number of nitrogens with one attached hydrogen (secondary N) is 3. The molecule has 7 rings (SSSR count). The topological polar surface area (TPSA) is 112 Å². The van der Waals surface area contributed by atoms with E-state index in [1.807, 2.05) is 23.6 Å². The van der Waals surface area contributed by atoms with E-state index < -0.39 is 5.82 Å². The molecular formula is C26H18FN7OS. The third kappa shape index (κ3) is 3.45. The molecule has 0 atom stereocenters. The van der Waals surface area contributed by atoms with Gasteiger partial charge in [0.2, 0.25) is 5.91 Å². The van der Waals surface area contributed by atoms with Crippen LogP contribution in [0.4, 0.5) is 10.1 Å². The lowest BCUT2D eigenvalue weighted by Gasteiger charge is -2.08. The fourth-order valence-electron chi connectivity index (χ4n) is 4.35. The summed E-state index contributed by atoms with van der Waals surface area (Å²) in [5, 5.41) is 12.5. The summed E-state index contributed by atoms with van der Waals surface area (Å²) in [6.07, 6.45) is 6.68. The fourth-order valence-corrected chi connectivity index (χ4v) is 5.08. The van der Waals surface area contributed by atoms with Crippen molar-refractivity contribution in [3.63, 3.8) is 0 Å². The highest BCUT2D eigenvalue weighted by molar-refractivity contribution is 7.13. The summed E-state index contributed by atoms with van der Waals surface area (Å²) >= 11 is 1.58. The molecule has 0 spiro atoms. The minimum atomic E-state index is -0.444. The van der Waals surface area contributed by atoms with Crippen LogP contribution in [0.25, 0.3) is 55.2 Å². The van der Waals surface area contributed by atoms with Crippen molar-refractivity contribution in [2.45, 2.75) is 12.8 Å². The van der Waals surface area contributed by atoms with E-state index in [0.717, 1.165) is 28.9 Å². The standard InChI is InChI=1S/C26H18FN7OS/c27-21-16(14-10-15(12-28-11-14)30-26(35)13-3-4-13)5-6-17-20(21)24(34-33-17)25-31-18-7-8-29-23(22(18)32-25)19-2-1-9-36-19/h1-2,5-13H,3-4H2,(H,30,35)(H,31,32)(H,33,34). The number of H-pyrrole nitrogens is 2. The number of rotatable bonds is 5. The second-order valence-corrected chi connectivity index (χ2v) is 9.71. The van der Waals surface area contributed by atoms with Gasteiger partial charge in [-0.2, -0.15) is 5.10 Å². The Balaban J connectivity index is 1.32. The molecule has 6 aromatic rings. The van der Waals surface area contributed by atoms with Crippen molar-refractivity contribution in [3.05, 3.63) is 66.2 Å². The number of carbonyl (C=O) groups is 1. The van der Waals surface area contributed by atoms with E-state index >= 15 is 4.39 Å². The lowest BCUT2D eigenvalue weighted by Crippen LogP contribution is -2.13. The number of nitrogens with zero attached hydrogens (tertiary/aromatic N) is 4. The van der Waals surface area contributed by atoms with E-state index in [1.54, 1.807) is 48.1 Å². The number of aromatic nitrogens is 6. The number of pyridine rings is 2. The third-order valence-electron chi connectivity index (χ3n) is 6.31. The largest absolute Gasteiger partial charge is 0.336 e. The molecule has 3 N–H and O–H groups in total. The number of halogens is 1. The number of thiophene rings is 1. The van der Waals surface area contributed by atoms with Crippen LogP contribution in [-0.4, -0.2) is 36.0 Å². The Labute approximate surface area is 207 Å². The average molecular weight is 496 g/mol. The van der Waals surface area contributed by atoms with Crippen LogP contribution in [0, 0.1) is 11.7 Å². The van der Waals surface area contributed by atoms with Gasteiger partial charge >= 0.3 is 0 Å². The molecule has 1 aliphatic carbocycles. The van der Waals surface area contributed by atoms with Gasteiger partial charge in [-0.25, -0.2) is 9.37 Å². The van der Waals surface area contributed by atoms with Gasteiger partial charge in [-0.05, 0) is 48.6 Å². The summed E-state index contributed by atoms with van der Waals surface area (Å²) in [5.41, 5.74) is 4.65. The molecule has 1 saturated carbocycles. The number of hydrogen-bond acceptors (Lipinski definition) is 6. The summed E-state index contributed by atoms with van der Waals surface area (Å²) in [7, 11) is 0. The minimum absolute atomic E-state index is 0.0247. The molecule has 10 heteroatoms.